The Bertz CT molecular complexity index is 369. The van der Waals surface area contributed by atoms with Crippen molar-refractivity contribution in [2.24, 2.45) is 12.2 Å². The molecule has 1 aromatic heterocycles. The van der Waals surface area contributed by atoms with Gasteiger partial charge in [-0.05, 0) is 0 Å². The molecule has 0 saturated carbocycles. The van der Waals surface area contributed by atoms with E-state index in [1.807, 2.05) is 0 Å². The minimum atomic E-state index is -3.78. The molecule has 1 aromatic rings. The molecule has 0 atom stereocenters. The number of aryl methyl sites for hydroxylation is 1. The van der Waals surface area contributed by atoms with Gasteiger partial charge in [-0.25, -0.2) is 18.5 Å². The zero-order valence-corrected chi connectivity index (χ0v) is 7.22. The first-order valence-corrected chi connectivity index (χ1v) is 4.55. The molecule has 0 saturated heterocycles. The van der Waals surface area contributed by atoms with E-state index in [-0.39, 0.29) is 10.2 Å². The molecule has 7 heteroatoms. The lowest BCUT2D eigenvalue weighted by Crippen LogP contribution is -2.13. The highest BCUT2D eigenvalue weighted by Gasteiger charge is 2.16. The summed E-state index contributed by atoms with van der Waals surface area (Å²) in [7, 11) is -2.20. The molecule has 0 amide bonds. The van der Waals surface area contributed by atoms with Gasteiger partial charge in [0.15, 0.2) is 0 Å². The molecule has 0 bridgehead atoms. The highest BCUT2D eigenvalue weighted by atomic mass is 35.5. The van der Waals surface area contributed by atoms with Crippen LogP contribution < -0.4 is 5.14 Å². The minimum Gasteiger partial charge on any atom is -0.324 e. The molecule has 2 N–H and O–H groups in total. The summed E-state index contributed by atoms with van der Waals surface area (Å²) >= 11 is 5.53. The molecule has 0 radical (unpaired) electrons. The summed E-state index contributed by atoms with van der Waals surface area (Å²) in [6.45, 7) is 0. The predicted octanol–water partition coefficient (Wildman–Crippen LogP) is -0.279. The lowest BCUT2D eigenvalue weighted by Gasteiger charge is -1.92. The van der Waals surface area contributed by atoms with Crippen LogP contribution >= 0.6 is 11.6 Å². The van der Waals surface area contributed by atoms with Gasteiger partial charge in [-0.15, -0.1) is 0 Å². The maximum absolute atomic E-state index is 10.7. The fourth-order valence-electron chi connectivity index (χ4n) is 0.585. The van der Waals surface area contributed by atoms with Crippen molar-refractivity contribution in [2.45, 2.75) is 5.03 Å². The van der Waals surface area contributed by atoms with Gasteiger partial charge in [0.25, 0.3) is 10.0 Å². The van der Waals surface area contributed by atoms with Crippen LogP contribution in [0.15, 0.2) is 11.4 Å². The Morgan fingerprint density at radius 2 is 2.27 bits per heavy atom. The van der Waals surface area contributed by atoms with Crippen molar-refractivity contribution < 1.29 is 8.42 Å². The summed E-state index contributed by atoms with van der Waals surface area (Å²) in [6.07, 6.45) is 1.28. The van der Waals surface area contributed by atoms with Gasteiger partial charge in [-0.2, -0.15) is 0 Å². The number of hydrogen-bond acceptors (Lipinski definition) is 3. The van der Waals surface area contributed by atoms with Gasteiger partial charge in [-0.3, -0.25) is 0 Å². The van der Waals surface area contributed by atoms with Crippen LogP contribution in [-0.4, -0.2) is 18.0 Å². The largest absolute Gasteiger partial charge is 0.324 e. The summed E-state index contributed by atoms with van der Waals surface area (Å²) in [5, 5.41) is 4.51. The minimum absolute atomic E-state index is 0.0208. The molecule has 0 fully saturated rings. The molecule has 0 spiro atoms. The molecule has 1 rings (SSSR count). The number of nitrogens with two attached hydrogens (primary N) is 1. The van der Waals surface area contributed by atoms with E-state index in [0.29, 0.717) is 0 Å². The average molecular weight is 196 g/mol. The van der Waals surface area contributed by atoms with Crippen LogP contribution in [-0.2, 0) is 17.1 Å². The second-order valence-corrected chi connectivity index (χ2v) is 3.83. The third-order valence-corrected chi connectivity index (χ3v) is 2.50. The standard InChI is InChI=1S/C4H6ClN3O2S/c1-8-2-7-4(3(8)5)11(6,9)10/h2H,1H3,(H2,6,9,10). The molecule has 0 unspecified atom stereocenters. The Labute approximate surface area is 68.8 Å². The van der Waals surface area contributed by atoms with Crippen LogP contribution in [0.4, 0.5) is 0 Å². The molecule has 11 heavy (non-hydrogen) atoms. The third-order valence-electron chi connectivity index (χ3n) is 1.10. The first-order chi connectivity index (χ1) is 4.93. The van der Waals surface area contributed by atoms with Gasteiger partial charge in [0.1, 0.15) is 5.15 Å². The topological polar surface area (TPSA) is 78.0 Å². The van der Waals surface area contributed by atoms with Crippen molar-refractivity contribution in [3.8, 4) is 0 Å². The van der Waals surface area contributed by atoms with E-state index in [0.717, 1.165) is 0 Å². The molecule has 0 aliphatic carbocycles. The number of nitrogens with zero attached hydrogens (tertiary/aromatic N) is 2. The highest BCUT2D eigenvalue weighted by molar-refractivity contribution is 7.89. The summed E-state index contributed by atoms with van der Waals surface area (Å²) in [4.78, 5) is 3.50. The average Bonchev–Trinajstić information content (AvgIpc) is 2.11. The van der Waals surface area contributed by atoms with Crippen molar-refractivity contribution in [1.82, 2.24) is 9.55 Å². The van der Waals surface area contributed by atoms with Crippen LogP contribution in [0.3, 0.4) is 0 Å². The number of rotatable bonds is 1. The number of halogens is 1. The van der Waals surface area contributed by atoms with Gasteiger partial charge in [-0.1, -0.05) is 11.6 Å². The second kappa shape index (κ2) is 2.47. The molecule has 0 aliphatic rings. The lowest BCUT2D eigenvalue weighted by molar-refractivity contribution is 0.594. The third kappa shape index (κ3) is 1.52. The van der Waals surface area contributed by atoms with Gasteiger partial charge in [0.2, 0.25) is 5.03 Å². The SMILES string of the molecule is Cn1cnc(S(N)(=O)=O)c1Cl. The molecular weight excluding hydrogens is 190 g/mol. The number of sulfonamides is 1. The fraction of sp³-hybridized carbons (Fsp3) is 0.250. The first kappa shape index (κ1) is 8.51. The van der Waals surface area contributed by atoms with Gasteiger partial charge in [0.05, 0.1) is 6.33 Å². The van der Waals surface area contributed by atoms with E-state index in [1.54, 1.807) is 7.05 Å². The lowest BCUT2D eigenvalue weighted by atomic mass is 10.9. The van der Waals surface area contributed by atoms with Crippen LogP contribution in [0.2, 0.25) is 5.15 Å². The summed E-state index contributed by atoms with van der Waals surface area (Å²) in [5.74, 6) is 0. The van der Waals surface area contributed by atoms with E-state index in [1.165, 1.54) is 10.9 Å². The first-order valence-electron chi connectivity index (χ1n) is 2.62. The Balaban J connectivity index is 3.38. The van der Waals surface area contributed by atoms with E-state index in [4.69, 9.17) is 16.7 Å². The maximum atomic E-state index is 10.7. The number of aromatic nitrogens is 2. The summed E-state index contributed by atoms with van der Waals surface area (Å²) < 4.78 is 22.7. The zero-order chi connectivity index (χ0) is 8.65. The van der Waals surface area contributed by atoms with E-state index >= 15 is 0 Å². The monoisotopic (exact) mass is 195 g/mol. The Kier molecular flexibility index (Phi) is 1.91. The van der Waals surface area contributed by atoms with E-state index in [9.17, 15) is 8.42 Å². The van der Waals surface area contributed by atoms with Crippen molar-refractivity contribution >= 4 is 21.6 Å². The van der Waals surface area contributed by atoms with Crippen molar-refractivity contribution in [1.29, 1.82) is 0 Å². The second-order valence-electron chi connectivity index (χ2n) is 2.00. The zero-order valence-electron chi connectivity index (χ0n) is 5.65. The van der Waals surface area contributed by atoms with Crippen molar-refractivity contribution in [3.63, 3.8) is 0 Å². The van der Waals surface area contributed by atoms with Crippen LogP contribution in [0.5, 0.6) is 0 Å². The summed E-state index contributed by atoms with van der Waals surface area (Å²) in [5.41, 5.74) is 0. The fourth-order valence-corrected chi connectivity index (χ4v) is 1.57. The van der Waals surface area contributed by atoms with Gasteiger partial charge in [0, 0.05) is 7.05 Å². The normalized spacial score (nSPS) is 11.9. The van der Waals surface area contributed by atoms with Crippen LogP contribution in [0.25, 0.3) is 0 Å². The van der Waals surface area contributed by atoms with E-state index < -0.39 is 10.0 Å². The quantitative estimate of drug-likeness (QED) is 0.670. The smallest absolute Gasteiger partial charge is 0.258 e. The number of hydrogen-bond donors (Lipinski definition) is 1. The maximum Gasteiger partial charge on any atom is 0.258 e. The van der Waals surface area contributed by atoms with Gasteiger partial charge >= 0.3 is 0 Å². The highest BCUT2D eigenvalue weighted by Crippen LogP contribution is 2.16. The molecule has 62 valence electrons. The predicted molar refractivity (Wildman–Crippen MR) is 39.6 cm³/mol. The molecule has 0 aromatic carbocycles. The van der Waals surface area contributed by atoms with Gasteiger partial charge < -0.3 is 4.57 Å². The Morgan fingerprint density at radius 3 is 2.45 bits per heavy atom. The Hall–Kier alpha value is -0.590. The number of primary sulfonamides is 1. The van der Waals surface area contributed by atoms with Crippen molar-refractivity contribution in [3.05, 3.63) is 11.5 Å². The van der Waals surface area contributed by atoms with Crippen LogP contribution in [0.1, 0.15) is 0 Å². The van der Waals surface area contributed by atoms with Crippen molar-refractivity contribution in [2.75, 3.05) is 0 Å². The molecule has 1 heterocycles. The van der Waals surface area contributed by atoms with E-state index in [2.05, 4.69) is 4.98 Å². The number of imidazole rings is 1. The molecule has 0 aliphatic heterocycles. The molecular formula is C4H6ClN3O2S. The molecule has 5 nitrogen and oxygen atoms in total. The van der Waals surface area contributed by atoms with Crippen LogP contribution in [0, 0.1) is 0 Å². The summed E-state index contributed by atoms with van der Waals surface area (Å²) in [6, 6.07) is 0. The Morgan fingerprint density at radius 1 is 1.73 bits per heavy atom.